The van der Waals surface area contributed by atoms with E-state index in [-0.39, 0.29) is 17.9 Å². The molecule has 1 fully saturated rings. The molecule has 1 aromatic rings. The first-order chi connectivity index (χ1) is 8.93. The van der Waals surface area contributed by atoms with Gasteiger partial charge in [0.05, 0.1) is 12.8 Å². The van der Waals surface area contributed by atoms with Crippen molar-refractivity contribution in [3.05, 3.63) is 23.3 Å². The number of aryl methyl sites for hydroxylation is 2. The fourth-order valence-corrected chi connectivity index (χ4v) is 2.46. The lowest BCUT2D eigenvalue weighted by Gasteiger charge is -2.34. The molecule has 1 aromatic carbocycles. The van der Waals surface area contributed by atoms with Gasteiger partial charge in [-0.05, 0) is 49.9 Å². The molecule has 2 rings (SSSR count). The van der Waals surface area contributed by atoms with Crippen molar-refractivity contribution in [2.75, 3.05) is 19.1 Å². The van der Waals surface area contributed by atoms with Crippen LogP contribution in [0.15, 0.2) is 12.1 Å². The van der Waals surface area contributed by atoms with Crippen LogP contribution in [0.1, 0.15) is 24.0 Å². The maximum Gasteiger partial charge on any atom is 0.230 e. The lowest BCUT2D eigenvalue weighted by Crippen LogP contribution is -2.45. The molecule has 4 heteroatoms. The van der Waals surface area contributed by atoms with Gasteiger partial charge in [0.1, 0.15) is 5.75 Å². The second-order valence-corrected chi connectivity index (χ2v) is 5.43. The minimum absolute atomic E-state index is 0.0614. The third kappa shape index (κ3) is 2.59. The van der Waals surface area contributed by atoms with Crippen LogP contribution in [-0.2, 0) is 4.79 Å². The molecule has 0 bridgehead atoms. The van der Waals surface area contributed by atoms with Gasteiger partial charge < -0.3 is 15.4 Å². The topological polar surface area (TPSA) is 55.6 Å². The summed E-state index contributed by atoms with van der Waals surface area (Å²) < 4.78 is 5.39. The SMILES string of the molecule is COc1cc(C)c(C)cc1N(C)C(=O)C1CC(N)C1. The molecule has 0 aliphatic heterocycles. The summed E-state index contributed by atoms with van der Waals surface area (Å²) in [5.74, 6) is 0.928. The molecule has 1 saturated carbocycles. The van der Waals surface area contributed by atoms with Crippen molar-refractivity contribution >= 4 is 11.6 Å². The van der Waals surface area contributed by atoms with Gasteiger partial charge in [-0.15, -0.1) is 0 Å². The van der Waals surface area contributed by atoms with E-state index in [9.17, 15) is 4.79 Å². The molecule has 0 aromatic heterocycles. The van der Waals surface area contributed by atoms with Crippen LogP contribution in [0.4, 0.5) is 5.69 Å². The average molecular weight is 262 g/mol. The van der Waals surface area contributed by atoms with E-state index >= 15 is 0 Å². The molecule has 1 amide bonds. The zero-order valence-corrected chi connectivity index (χ0v) is 12.1. The summed E-state index contributed by atoms with van der Waals surface area (Å²) in [4.78, 5) is 14.0. The first-order valence-corrected chi connectivity index (χ1v) is 6.62. The molecule has 0 atom stereocenters. The number of rotatable bonds is 3. The highest BCUT2D eigenvalue weighted by Crippen LogP contribution is 2.34. The molecule has 104 valence electrons. The van der Waals surface area contributed by atoms with Crippen molar-refractivity contribution in [2.24, 2.45) is 11.7 Å². The minimum atomic E-state index is 0.0614. The molecule has 0 unspecified atom stereocenters. The van der Waals surface area contributed by atoms with E-state index in [1.807, 2.05) is 26.0 Å². The largest absolute Gasteiger partial charge is 0.495 e. The van der Waals surface area contributed by atoms with Crippen LogP contribution in [0.3, 0.4) is 0 Å². The highest BCUT2D eigenvalue weighted by Gasteiger charge is 2.34. The number of carbonyl (C=O) groups excluding carboxylic acids is 1. The van der Waals surface area contributed by atoms with E-state index in [1.54, 1.807) is 19.1 Å². The average Bonchev–Trinajstić information content (AvgIpc) is 2.36. The lowest BCUT2D eigenvalue weighted by molar-refractivity contribution is -0.124. The van der Waals surface area contributed by atoms with Crippen molar-refractivity contribution in [1.82, 2.24) is 0 Å². The predicted octanol–water partition coefficient (Wildman–Crippen LogP) is 2.01. The molecule has 0 radical (unpaired) electrons. The Kier molecular flexibility index (Phi) is 3.80. The first-order valence-electron chi connectivity index (χ1n) is 6.62. The van der Waals surface area contributed by atoms with Crippen LogP contribution in [0, 0.1) is 19.8 Å². The van der Waals surface area contributed by atoms with Crippen molar-refractivity contribution in [2.45, 2.75) is 32.7 Å². The van der Waals surface area contributed by atoms with E-state index < -0.39 is 0 Å². The number of methoxy groups -OCH3 is 1. The van der Waals surface area contributed by atoms with Crippen molar-refractivity contribution < 1.29 is 9.53 Å². The summed E-state index contributed by atoms with van der Waals surface area (Å²) in [6.07, 6.45) is 1.58. The van der Waals surface area contributed by atoms with Gasteiger partial charge in [0.25, 0.3) is 0 Å². The molecule has 2 N–H and O–H groups in total. The Morgan fingerprint density at radius 3 is 2.42 bits per heavy atom. The standard InChI is InChI=1S/C15H22N2O2/c1-9-5-13(14(19-4)6-10(9)2)17(3)15(18)11-7-12(16)8-11/h5-6,11-12H,7-8,16H2,1-4H3. The highest BCUT2D eigenvalue weighted by atomic mass is 16.5. The van der Waals surface area contributed by atoms with Gasteiger partial charge in [0, 0.05) is 19.0 Å². The van der Waals surface area contributed by atoms with Crippen LogP contribution in [0.5, 0.6) is 5.75 Å². The fourth-order valence-electron chi connectivity index (χ4n) is 2.46. The summed E-state index contributed by atoms with van der Waals surface area (Å²) >= 11 is 0. The maximum atomic E-state index is 12.4. The quantitative estimate of drug-likeness (QED) is 0.906. The molecule has 1 aliphatic rings. The fraction of sp³-hybridized carbons (Fsp3) is 0.533. The Morgan fingerprint density at radius 2 is 1.89 bits per heavy atom. The van der Waals surface area contributed by atoms with Crippen molar-refractivity contribution in [3.63, 3.8) is 0 Å². The summed E-state index contributed by atoms with van der Waals surface area (Å²) in [5, 5.41) is 0. The van der Waals surface area contributed by atoms with Gasteiger partial charge in [0.15, 0.2) is 0 Å². The summed E-state index contributed by atoms with van der Waals surface area (Å²) in [7, 11) is 3.43. The Morgan fingerprint density at radius 1 is 1.32 bits per heavy atom. The zero-order chi connectivity index (χ0) is 14.2. The summed E-state index contributed by atoms with van der Waals surface area (Å²) in [5.41, 5.74) is 8.89. The maximum absolute atomic E-state index is 12.4. The summed E-state index contributed by atoms with van der Waals surface area (Å²) in [6.45, 7) is 4.07. The van der Waals surface area contributed by atoms with Gasteiger partial charge in [-0.25, -0.2) is 0 Å². The second kappa shape index (κ2) is 5.21. The van der Waals surface area contributed by atoms with Gasteiger partial charge in [0.2, 0.25) is 5.91 Å². The number of benzene rings is 1. The monoisotopic (exact) mass is 262 g/mol. The molecule has 4 nitrogen and oxygen atoms in total. The molecule has 19 heavy (non-hydrogen) atoms. The molecule has 0 saturated heterocycles. The Labute approximate surface area is 114 Å². The zero-order valence-electron chi connectivity index (χ0n) is 12.1. The van der Waals surface area contributed by atoms with Crippen LogP contribution in [-0.4, -0.2) is 26.1 Å². The number of ether oxygens (including phenoxy) is 1. The number of nitrogens with two attached hydrogens (primary N) is 1. The molecular formula is C15H22N2O2. The van der Waals surface area contributed by atoms with E-state index in [1.165, 1.54) is 0 Å². The molecule has 1 aliphatic carbocycles. The molecule has 0 heterocycles. The Hall–Kier alpha value is -1.55. The molecule has 0 spiro atoms. The number of hydrogen-bond donors (Lipinski definition) is 1. The van der Waals surface area contributed by atoms with Gasteiger partial charge in [-0.1, -0.05) is 0 Å². The van der Waals surface area contributed by atoms with Crippen LogP contribution in [0.2, 0.25) is 0 Å². The third-order valence-corrected chi connectivity index (χ3v) is 4.01. The van der Waals surface area contributed by atoms with Crippen molar-refractivity contribution in [1.29, 1.82) is 0 Å². The van der Waals surface area contributed by atoms with E-state index in [0.29, 0.717) is 0 Å². The molecular weight excluding hydrogens is 240 g/mol. The number of hydrogen-bond acceptors (Lipinski definition) is 3. The Bertz CT molecular complexity index is 493. The van der Waals surface area contributed by atoms with E-state index in [2.05, 4.69) is 0 Å². The van der Waals surface area contributed by atoms with Crippen molar-refractivity contribution in [3.8, 4) is 5.75 Å². The van der Waals surface area contributed by atoms with Gasteiger partial charge in [-0.3, -0.25) is 4.79 Å². The van der Waals surface area contributed by atoms with Crippen LogP contribution < -0.4 is 15.4 Å². The van der Waals surface area contributed by atoms with Crippen LogP contribution in [0.25, 0.3) is 0 Å². The highest BCUT2D eigenvalue weighted by molar-refractivity contribution is 5.96. The number of nitrogens with zero attached hydrogens (tertiary/aromatic N) is 1. The number of carbonyl (C=O) groups is 1. The van der Waals surface area contributed by atoms with Gasteiger partial charge >= 0.3 is 0 Å². The summed E-state index contributed by atoms with van der Waals surface area (Å²) in [6, 6.07) is 4.16. The first kappa shape index (κ1) is 13.9. The smallest absolute Gasteiger partial charge is 0.230 e. The van der Waals surface area contributed by atoms with Crippen LogP contribution >= 0.6 is 0 Å². The normalized spacial score (nSPS) is 21.7. The lowest BCUT2D eigenvalue weighted by atomic mass is 9.80. The predicted molar refractivity (Wildman–Crippen MR) is 76.6 cm³/mol. The number of amides is 1. The minimum Gasteiger partial charge on any atom is -0.495 e. The second-order valence-electron chi connectivity index (χ2n) is 5.43. The van der Waals surface area contributed by atoms with E-state index in [4.69, 9.17) is 10.5 Å². The van der Waals surface area contributed by atoms with Gasteiger partial charge in [-0.2, -0.15) is 0 Å². The third-order valence-electron chi connectivity index (χ3n) is 4.01. The Balaban J connectivity index is 2.25. The van der Waals surface area contributed by atoms with E-state index in [0.717, 1.165) is 35.4 Å². The number of anilines is 1.